The summed E-state index contributed by atoms with van der Waals surface area (Å²) in [6, 6.07) is 18.6. The van der Waals surface area contributed by atoms with Gasteiger partial charge in [0.1, 0.15) is 12.4 Å². The Morgan fingerprint density at radius 2 is 1.55 bits per heavy atom. The number of carboxylic acids is 1. The van der Waals surface area contributed by atoms with Crippen LogP contribution in [0.3, 0.4) is 0 Å². The average molecular weight is 428 g/mol. The molecule has 7 heteroatoms. The van der Waals surface area contributed by atoms with Crippen molar-refractivity contribution in [2.45, 2.75) is 12.6 Å². The van der Waals surface area contributed by atoms with Crippen molar-refractivity contribution in [1.82, 2.24) is 0 Å². The fraction of sp³-hybridized carbons (Fsp3) is 0.125. The Kier molecular flexibility index (Phi) is 6.97. The quantitative estimate of drug-likeness (QED) is 0.463. The number of alkyl halides is 3. The summed E-state index contributed by atoms with van der Waals surface area (Å²) < 4.78 is 49.4. The molecule has 0 saturated heterocycles. The lowest BCUT2D eigenvalue weighted by Gasteiger charge is -2.11. The van der Waals surface area contributed by atoms with Crippen molar-refractivity contribution in [3.8, 4) is 17.2 Å². The zero-order valence-corrected chi connectivity index (χ0v) is 16.3. The van der Waals surface area contributed by atoms with Crippen LogP contribution in [0.25, 0.3) is 6.08 Å². The van der Waals surface area contributed by atoms with Gasteiger partial charge in [0.25, 0.3) is 0 Å². The van der Waals surface area contributed by atoms with Crippen LogP contribution in [0.15, 0.2) is 78.9 Å². The number of carboxylic acid groups (broad SMARTS) is 1. The Hall–Kier alpha value is -3.74. The van der Waals surface area contributed by atoms with Crippen LogP contribution in [-0.4, -0.2) is 17.7 Å². The summed E-state index contributed by atoms with van der Waals surface area (Å²) in [7, 11) is 0. The first-order chi connectivity index (χ1) is 14.8. The van der Waals surface area contributed by atoms with Crippen LogP contribution in [0.1, 0.15) is 16.7 Å². The molecule has 0 spiro atoms. The molecule has 0 radical (unpaired) electrons. The van der Waals surface area contributed by atoms with E-state index in [1.165, 1.54) is 12.1 Å². The smallest absolute Gasteiger partial charge is 0.416 e. The van der Waals surface area contributed by atoms with Crippen molar-refractivity contribution in [3.63, 3.8) is 0 Å². The van der Waals surface area contributed by atoms with Gasteiger partial charge in [-0.2, -0.15) is 13.2 Å². The molecular weight excluding hydrogens is 409 g/mol. The van der Waals surface area contributed by atoms with E-state index in [1.54, 1.807) is 60.7 Å². The number of aliphatic carboxylic acids is 1. The molecule has 0 bridgehead atoms. The van der Waals surface area contributed by atoms with Crippen LogP contribution < -0.4 is 9.47 Å². The highest BCUT2D eigenvalue weighted by Crippen LogP contribution is 2.32. The number of benzene rings is 3. The van der Waals surface area contributed by atoms with E-state index in [9.17, 15) is 18.0 Å². The third-order valence-corrected chi connectivity index (χ3v) is 4.24. The van der Waals surface area contributed by atoms with Crippen LogP contribution in [0.5, 0.6) is 17.2 Å². The summed E-state index contributed by atoms with van der Waals surface area (Å²) in [6.07, 6.45) is -1.05. The van der Waals surface area contributed by atoms with Crippen LogP contribution in [0, 0.1) is 0 Å². The van der Waals surface area contributed by atoms with Gasteiger partial charge in [-0.3, -0.25) is 4.79 Å². The average Bonchev–Trinajstić information content (AvgIpc) is 2.73. The second-order valence-corrected chi connectivity index (χ2v) is 6.60. The Bertz CT molecular complexity index is 1040. The third-order valence-electron chi connectivity index (χ3n) is 4.24. The lowest BCUT2D eigenvalue weighted by atomic mass is 10.1. The summed E-state index contributed by atoms with van der Waals surface area (Å²) in [5.41, 5.74) is 0.600. The highest BCUT2D eigenvalue weighted by atomic mass is 19.4. The van der Waals surface area contributed by atoms with E-state index in [0.29, 0.717) is 28.4 Å². The van der Waals surface area contributed by atoms with Gasteiger partial charge < -0.3 is 14.6 Å². The van der Waals surface area contributed by atoms with Gasteiger partial charge in [-0.05, 0) is 53.6 Å². The van der Waals surface area contributed by atoms with E-state index < -0.39 is 17.7 Å². The van der Waals surface area contributed by atoms with E-state index in [4.69, 9.17) is 14.6 Å². The monoisotopic (exact) mass is 428 g/mol. The first-order valence-electron chi connectivity index (χ1n) is 9.35. The van der Waals surface area contributed by atoms with Gasteiger partial charge in [-0.1, -0.05) is 42.5 Å². The maximum atomic E-state index is 12.6. The summed E-state index contributed by atoms with van der Waals surface area (Å²) in [5.74, 6) is 0.604. The molecule has 0 saturated carbocycles. The maximum absolute atomic E-state index is 12.6. The zero-order valence-electron chi connectivity index (χ0n) is 16.3. The van der Waals surface area contributed by atoms with Crippen molar-refractivity contribution in [2.24, 2.45) is 0 Å². The predicted molar refractivity (Wildman–Crippen MR) is 110 cm³/mol. The Morgan fingerprint density at radius 3 is 2.16 bits per heavy atom. The fourth-order valence-electron chi connectivity index (χ4n) is 2.74. The molecule has 0 aliphatic rings. The lowest BCUT2D eigenvalue weighted by Crippen LogP contribution is -2.04. The second kappa shape index (κ2) is 9.84. The number of para-hydroxylation sites is 2. The van der Waals surface area contributed by atoms with Gasteiger partial charge in [0.05, 0.1) is 12.0 Å². The number of hydrogen-bond donors (Lipinski definition) is 1. The largest absolute Gasteiger partial charge is 0.486 e. The number of carbonyl (C=O) groups is 1. The number of ether oxygens (including phenoxy) is 2. The van der Waals surface area contributed by atoms with Crippen molar-refractivity contribution in [1.29, 1.82) is 0 Å². The fourth-order valence-corrected chi connectivity index (χ4v) is 2.74. The molecule has 31 heavy (non-hydrogen) atoms. The number of hydrogen-bond acceptors (Lipinski definition) is 3. The molecule has 1 N–H and O–H groups in total. The Morgan fingerprint density at radius 1 is 0.903 bits per heavy atom. The minimum absolute atomic E-state index is 0.0642. The molecule has 3 aromatic rings. The Labute approximate surface area is 177 Å². The lowest BCUT2D eigenvalue weighted by molar-refractivity contribution is -0.138. The molecule has 0 fully saturated rings. The minimum Gasteiger partial charge on any atom is -0.486 e. The van der Waals surface area contributed by atoms with Crippen LogP contribution >= 0.6 is 0 Å². The first kappa shape index (κ1) is 22.0. The SMILES string of the molecule is O=C(O)Cc1ccc(Oc2ccccc2OC/C=C/c2ccc(C(F)(F)F)cc2)cc1. The molecule has 0 amide bonds. The van der Waals surface area contributed by atoms with Gasteiger partial charge in [0.15, 0.2) is 11.5 Å². The molecule has 3 aromatic carbocycles. The van der Waals surface area contributed by atoms with Crippen LogP contribution in [-0.2, 0) is 17.4 Å². The summed E-state index contributed by atoms with van der Waals surface area (Å²) in [5, 5.41) is 8.83. The molecule has 0 unspecified atom stereocenters. The summed E-state index contributed by atoms with van der Waals surface area (Å²) in [4.78, 5) is 10.8. The molecule has 0 aliphatic carbocycles. The molecular formula is C24H19F3O4. The molecule has 0 aliphatic heterocycles. The molecule has 0 heterocycles. The van der Waals surface area contributed by atoms with Crippen molar-refractivity contribution < 1.29 is 32.5 Å². The molecule has 4 nitrogen and oxygen atoms in total. The topological polar surface area (TPSA) is 55.8 Å². The summed E-state index contributed by atoms with van der Waals surface area (Å²) >= 11 is 0. The van der Waals surface area contributed by atoms with Crippen molar-refractivity contribution in [3.05, 3.63) is 95.6 Å². The zero-order chi connectivity index (χ0) is 22.3. The highest BCUT2D eigenvalue weighted by molar-refractivity contribution is 5.70. The number of halogens is 3. The van der Waals surface area contributed by atoms with E-state index in [-0.39, 0.29) is 13.0 Å². The molecule has 0 atom stereocenters. The van der Waals surface area contributed by atoms with E-state index in [1.807, 2.05) is 0 Å². The van der Waals surface area contributed by atoms with E-state index in [2.05, 4.69) is 0 Å². The second-order valence-electron chi connectivity index (χ2n) is 6.60. The van der Waals surface area contributed by atoms with Crippen molar-refractivity contribution in [2.75, 3.05) is 6.61 Å². The van der Waals surface area contributed by atoms with E-state index >= 15 is 0 Å². The number of rotatable bonds is 8. The maximum Gasteiger partial charge on any atom is 0.416 e. The van der Waals surface area contributed by atoms with Gasteiger partial charge in [-0.15, -0.1) is 0 Å². The standard InChI is InChI=1S/C24H19F3O4/c25-24(26,27)19-11-7-17(8-12-19)4-3-15-30-21-5-1-2-6-22(21)31-20-13-9-18(10-14-20)16-23(28)29/h1-14H,15-16H2,(H,28,29)/b4-3+. The molecule has 3 rings (SSSR count). The van der Waals surface area contributed by atoms with Gasteiger partial charge in [-0.25, -0.2) is 0 Å². The highest BCUT2D eigenvalue weighted by Gasteiger charge is 2.29. The van der Waals surface area contributed by atoms with Crippen LogP contribution in [0.4, 0.5) is 13.2 Å². The van der Waals surface area contributed by atoms with Crippen molar-refractivity contribution >= 4 is 12.0 Å². The molecule has 160 valence electrons. The van der Waals surface area contributed by atoms with E-state index in [0.717, 1.165) is 12.1 Å². The normalized spacial score (nSPS) is 11.5. The molecule has 0 aromatic heterocycles. The van der Waals surface area contributed by atoms with Crippen LogP contribution in [0.2, 0.25) is 0 Å². The third kappa shape index (κ3) is 6.64. The summed E-state index contributed by atoms with van der Waals surface area (Å²) in [6.45, 7) is 0.193. The van der Waals surface area contributed by atoms with Gasteiger partial charge in [0, 0.05) is 0 Å². The van der Waals surface area contributed by atoms with Gasteiger partial charge >= 0.3 is 12.1 Å². The Balaban J connectivity index is 1.59. The van der Waals surface area contributed by atoms with Gasteiger partial charge in [0.2, 0.25) is 0 Å². The predicted octanol–water partition coefficient (Wildman–Crippen LogP) is 6.22. The minimum atomic E-state index is -4.36. The first-order valence-corrected chi connectivity index (χ1v) is 9.35.